The fraction of sp³-hybridized carbons (Fsp3) is 0.739. The first-order valence-corrected chi connectivity index (χ1v) is 11.0. The summed E-state index contributed by atoms with van der Waals surface area (Å²) in [4.78, 5) is 22.3. The van der Waals surface area contributed by atoms with Crippen LogP contribution in [0.1, 0.15) is 71.1 Å². The summed E-state index contributed by atoms with van der Waals surface area (Å²) in [5.74, 6) is 0.0321. The van der Waals surface area contributed by atoms with Crippen molar-refractivity contribution in [1.82, 2.24) is 0 Å². The van der Waals surface area contributed by atoms with E-state index in [0.717, 1.165) is 51.4 Å². The number of unbranched alkanes of at least 4 members (excludes halogenated alkanes) is 3. The first-order chi connectivity index (χ1) is 13.9. The van der Waals surface area contributed by atoms with Crippen LogP contribution in [-0.4, -0.2) is 41.7 Å². The van der Waals surface area contributed by atoms with Crippen molar-refractivity contribution < 1.29 is 29.3 Å². The van der Waals surface area contributed by atoms with Gasteiger partial charge in [-0.3, -0.25) is 4.79 Å². The van der Waals surface area contributed by atoms with Crippen LogP contribution < -0.4 is 0 Å². The molecule has 0 amide bonds. The lowest BCUT2D eigenvalue weighted by molar-refractivity contribution is -0.137. The lowest BCUT2D eigenvalue weighted by Crippen LogP contribution is -2.24. The Bertz CT molecular complexity index is 596. The van der Waals surface area contributed by atoms with Gasteiger partial charge in [0.15, 0.2) is 0 Å². The van der Waals surface area contributed by atoms with Gasteiger partial charge in [0.1, 0.15) is 6.10 Å². The molecule has 5 unspecified atom stereocenters. The molecule has 0 saturated heterocycles. The fourth-order valence-electron chi connectivity index (χ4n) is 4.65. The highest BCUT2D eigenvalue weighted by Gasteiger charge is 2.46. The molecule has 0 aromatic rings. The lowest BCUT2D eigenvalue weighted by atomic mass is 9.88. The molecule has 5 atom stereocenters. The first kappa shape index (κ1) is 23.5. The number of allylic oxidation sites excluding steroid dienone is 2. The second-order valence-electron chi connectivity index (χ2n) is 8.33. The zero-order chi connectivity index (χ0) is 21.2. The Balaban J connectivity index is 1.95. The molecule has 6 nitrogen and oxygen atoms in total. The normalized spacial score (nSPS) is 26.9. The number of aliphatic hydroxyl groups is 1. The van der Waals surface area contributed by atoms with Gasteiger partial charge in [0, 0.05) is 12.3 Å². The van der Waals surface area contributed by atoms with E-state index in [1.165, 1.54) is 12.7 Å². The molecular weight excluding hydrogens is 372 g/mol. The molecular formula is C23H36O6. The van der Waals surface area contributed by atoms with Gasteiger partial charge in [-0.25, -0.2) is 4.79 Å². The van der Waals surface area contributed by atoms with E-state index in [-0.39, 0.29) is 18.4 Å². The highest BCUT2D eigenvalue weighted by atomic mass is 16.7. The van der Waals surface area contributed by atoms with Crippen molar-refractivity contribution in [3.05, 3.63) is 23.8 Å². The molecule has 2 N–H and O–H groups in total. The number of carboxylic acids is 1. The number of methoxy groups -OCH3 is 1. The predicted molar refractivity (Wildman–Crippen MR) is 110 cm³/mol. The number of fused-ring (bicyclic) bond motifs is 1. The number of hydrogen-bond donors (Lipinski definition) is 2. The van der Waals surface area contributed by atoms with Gasteiger partial charge >= 0.3 is 12.1 Å². The molecule has 29 heavy (non-hydrogen) atoms. The average Bonchev–Trinajstić information content (AvgIpc) is 3.20. The van der Waals surface area contributed by atoms with Gasteiger partial charge in [0.25, 0.3) is 0 Å². The van der Waals surface area contributed by atoms with E-state index in [1.54, 1.807) is 0 Å². The molecule has 2 aliphatic carbocycles. The zero-order valence-corrected chi connectivity index (χ0v) is 17.7. The molecule has 0 bridgehead atoms. The standard InChI is InChI=1S/C23H36O6/c1-3-4-5-9-18(24)11-12-19-20-14-16(8-6-7-10-22(25)26)13-17(20)15-21(19)29-23(27)28-2/h11-13,17-21,24H,3-10,14-15H2,1-2H3,(H,25,26). The van der Waals surface area contributed by atoms with E-state index in [2.05, 4.69) is 17.7 Å². The highest BCUT2D eigenvalue weighted by molar-refractivity contribution is 5.66. The number of carboxylic acid groups (broad SMARTS) is 1. The van der Waals surface area contributed by atoms with Crippen LogP contribution in [0.4, 0.5) is 4.79 Å². The molecule has 164 valence electrons. The minimum absolute atomic E-state index is 0.0627. The molecule has 0 aromatic heterocycles. The molecule has 0 heterocycles. The van der Waals surface area contributed by atoms with E-state index in [0.29, 0.717) is 18.3 Å². The molecule has 1 fully saturated rings. The maximum atomic E-state index is 11.7. The molecule has 6 heteroatoms. The van der Waals surface area contributed by atoms with E-state index < -0.39 is 18.2 Å². The summed E-state index contributed by atoms with van der Waals surface area (Å²) >= 11 is 0. The zero-order valence-electron chi connectivity index (χ0n) is 17.7. The van der Waals surface area contributed by atoms with Gasteiger partial charge in [0.05, 0.1) is 13.2 Å². The highest BCUT2D eigenvalue weighted by Crippen LogP contribution is 2.49. The number of aliphatic carboxylic acids is 1. The maximum Gasteiger partial charge on any atom is 0.508 e. The summed E-state index contributed by atoms with van der Waals surface area (Å²) in [6.07, 6.45) is 13.3. The van der Waals surface area contributed by atoms with Crippen molar-refractivity contribution in [3.63, 3.8) is 0 Å². The van der Waals surface area contributed by atoms with Crippen LogP contribution in [0, 0.1) is 17.8 Å². The van der Waals surface area contributed by atoms with Crippen LogP contribution in [0.3, 0.4) is 0 Å². The third-order valence-electron chi connectivity index (χ3n) is 6.14. The van der Waals surface area contributed by atoms with Crippen LogP contribution in [0.5, 0.6) is 0 Å². The van der Waals surface area contributed by atoms with Crippen LogP contribution in [0.25, 0.3) is 0 Å². The van der Waals surface area contributed by atoms with Crippen molar-refractivity contribution in [1.29, 1.82) is 0 Å². The minimum atomic E-state index is -0.743. The second kappa shape index (κ2) is 12.0. The van der Waals surface area contributed by atoms with Crippen molar-refractivity contribution >= 4 is 12.1 Å². The Morgan fingerprint density at radius 3 is 2.76 bits per heavy atom. The first-order valence-electron chi connectivity index (χ1n) is 11.0. The summed E-state index contributed by atoms with van der Waals surface area (Å²) in [7, 11) is 1.32. The van der Waals surface area contributed by atoms with E-state index in [4.69, 9.17) is 9.84 Å². The molecule has 2 aliphatic rings. The van der Waals surface area contributed by atoms with Crippen molar-refractivity contribution in [2.75, 3.05) is 7.11 Å². The fourth-order valence-corrected chi connectivity index (χ4v) is 4.65. The number of carbonyl (C=O) groups is 2. The van der Waals surface area contributed by atoms with Crippen molar-refractivity contribution in [3.8, 4) is 0 Å². The smallest absolute Gasteiger partial charge is 0.481 e. The van der Waals surface area contributed by atoms with E-state index in [1.807, 2.05) is 12.2 Å². The van der Waals surface area contributed by atoms with Gasteiger partial charge < -0.3 is 19.7 Å². The van der Waals surface area contributed by atoms with Crippen molar-refractivity contribution in [2.24, 2.45) is 17.8 Å². The van der Waals surface area contributed by atoms with Gasteiger partial charge in [0.2, 0.25) is 0 Å². The predicted octanol–water partition coefficient (Wildman–Crippen LogP) is 4.86. The van der Waals surface area contributed by atoms with Gasteiger partial charge in [-0.1, -0.05) is 50.0 Å². The molecule has 0 spiro atoms. The number of hydrogen-bond acceptors (Lipinski definition) is 5. The Morgan fingerprint density at radius 2 is 2.07 bits per heavy atom. The molecule has 2 rings (SSSR count). The lowest BCUT2D eigenvalue weighted by Gasteiger charge is -2.22. The Morgan fingerprint density at radius 1 is 1.28 bits per heavy atom. The molecule has 0 radical (unpaired) electrons. The number of aliphatic hydroxyl groups excluding tert-OH is 1. The Labute approximate surface area is 174 Å². The van der Waals surface area contributed by atoms with Gasteiger partial charge in [-0.05, 0) is 50.4 Å². The summed E-state index contributed by atoms with van der Waals surface area (Å²) < 4.78 is 10.2. The third-order valence-corrected chi connectivity index (χ3v) is 6.14. The van der Waals surface area contributed by atoms with E-state index >= 15 is 0 Å². The molecule has 0 aromatic carbocycles. The molecule has 1 saturated carbocycles. The maximum absolute atomic E-state index is 11.7. The Hall–Kier alpha value is -1.82. The summed E-state index contributed by atoms with van der Waals surface area (Å²) in [6, 6.07) is 0. The summed E-state index contributed by atoms with van der Waals surface area (Å²) in [6.45, 7) is 2.14. The van der Waals surface area contributed by atoms with Gasteiger partial charge in [-0.15, -0.1) is 0 Å². The summed E-state index contributed by atoms with van der Waals surface area (Å²) in [5, 5.41) is 19.0. The average molecular weight is 409 g/mol. The second-order valence-corrected chi connectivity index (χ2v) is 8.33. The topological polar surface area (TPSA) is 93.1 Å². The van der Waals surface area contributed by atoms with Crippen LogP contribution >= 0.6 is 0 Å². The number of rotatable bonds is 12. The monoisotopic (exact) mass is 408 g/mol. The third kappa shape index (κ3) is 7.50. The SMILES string of the molecule is CCCCCC(O)C=CC1C(OC(=O)OC)CC2C=C(CCCCC(=O)O)CC21. The van der Waals surface area contributed by atoms with Gasteiger partial charge in [-0.2, -0.15) is 0 Å². The number of ether oxygens (including phenoxy) is 2. The van der Waals surface area contributed by atoms with E-state index in [9.17, 15) is 14.7 Å². The van der Waals surface area contributed by atoms with Crippen LogP contribution in [-0.2, 0) is 14.3 Å². The minimum Gasteiger partial charge on any atom is -0.481 e. The van der Waals surface area contributed by atoms with Crippen LogP contribution in [0.15, 0.2) is 23.8 Å². The number of carbonyl (C=O) groups excluding carboxylic acids is 1. The van der Waals surface area contributed by atoms with Crippen LogP contribution in [0.2, 0.25) is 0 Å². The largest absolute Gasteiger partial charge is 0.508 e. The quantitative estimate of drug-likeness (QED) is 0.272. The van der Waals surface area contributed by atoms with Crippen molar-refractivity contribution in [2.45, 2.75) is 83.3 Å². The Kier molecular flexibility index (Phi) is 9.71. The molecule has 0 aliphatic heterocycles. The summed E-state index contributed by atoms with van der Waals surface area (Å²) in [5.41, 5.74) is 1.38.